The molecule has 0 aliphatic carbocycles. The molecular formula is C26H27NaO3. The molecule has 0 aromatic heterocycles. The summed E-state index contributed by atoms with van der Waals surface area (Å²) in [7, 11) is 0. The number of benzene rings is 3. The molecule has 0 bridgehead atoms. The summed E-state index contributed by atoms with van der Waals surface area (Å²) in [5.74, 6) is -0.695. The van der Waals surface area contributed by atoms with Crippen LogP contribution in [0.5, 0.6) is 5.75 Å². The second-order valence-electron chi connectivity index (χ2n) is 7.67. The Morgan fingerprint density at radius 3 is 1.93 bits per heavy atom. The number of rotatable bonds is 9. The molecular weight excluding hydrogens is 383 g/mol. The van der Waals surface area contributed by atoms with E-state index in [0.29, 0.717) is 5.75 Å². The average Bonchev–Trinajstić information content (AvgIpc) is 2.72. The van der Waals surface area contributed by atoms with Gasteiger partial charge >= 0.3 is 29.6 Å². The molecule has 1 unspecified atom stereocenters. The van der Waals surface area contributed by atoms with Gasteiger partial charge in [0.25, 0.3) is 0 Å². The van der Waals surface area contributed by atoms with E-state index in [1.54, 1.807) is 6.92 Å². The molecule has 0 aliphatic rings. The molecule has 0 fully saturated rings. The van der Waals surface area contributed by atoms with Crippen molar-refractivity contribution >= 4 is 5.97 Å². The van der Waals surface area contributed by atoms with Gasteiger partial charge in [-0.1, -0.05) is 80.1 Å². The SMILES string of the molecule is CCCc1ccc(CC(C)(Oc2ccc(Cc3ccccc3)cc2)C(=O)[O-])cc1.[Na+]. The van der Waals surface area contributed by atoms with Gasteiger partial charge in [-0.3, -0.25) is 0 Å². The van der Waals surface area contributed by atoms with Crippen LogP contribution in [0.1, 0.15) is 42.5 Å². The summed E-state index contributed by atoms with van der Waals surface area (Å²) in [5, 5.41) is 11.9. The molecule has 4 heteroatoms. The number of hydrogen-bond donors (Lipinski definition) is 0. The summed E-state index contributed by atoms with van der Waals surface area (Å²) in [6, 6.07) is 25.8. The zero-order valence-corrected chi connectivity index (χ0v) is 20.1. The number of carboxylic acids is 1. The summed E-state index contributed by atoms with van der Waals surface area (Å²) in [5.41, 5.74) is 3.10. The summed E-state index contributed by atoms with van der Waals surface area (Å²) in [4.78, 5) is 11.9. The Labute approximate surface area is 201 Å². The number of aryl methyl sites for hydroxylation is 1. The fraction of sp³-hybridized carbons (Fsp3) is 0.269. The Hall–Kier alpha value is -2.07. The number of carbonyl (C=O) groups is 1. The molecule has 150 valence electrons. The van der Waals surface area contributed by atoms with E-state index in [4.69, 9.17) is 4.74 Å². The molecule has 3 rings (SSSR count). The van der Waals surface area contributed by atoms with E-state index >= 15 is 0 Å². The van der Waals surface area contributed by atoms with Crippen LogP contribution in [0.25, 0.3) is 0 Å². The number of aliphatic carboxylic acids is 1. The molecule has 0 spiro atoms. The zero-order chi connectivity index (χ0) is 20.7. The van der Waals surface area contributed by atoms with Gasteiger partial charge in [-0.2, -0.15) is 0 Å². The molecule has 0 heterocycles. The van der Waals surface area contributed by atoms with Crippen molar-refractivity contribution in [3.63, 3.8) is 0 Å². The maximum absolute atomic E-state index is 11.9. The van der Waals surface area contributed by atoms with E-state index < -0.39 is 11.6 Å². The average molecular weight is 410 g/mol. The molecule has 1 atom stereocenters. The van der Waals surface area contributed by atoms with Crippen LogP contribution in [-0.2, 0) is 24.1 Å². The summed E-state index contributed by atoms with van der Waals surface area (Å²) in [6.45, 7) is 3.71. The second-order valence-corrected chi connectivity index (χ2v) is 7.67. The quantitative estimate of drug-likeness (QED) is 0.501. The van der Waals surface area contributed by atoms with Crippen LogP contribution < -0.4 is 39.4 Å². The number of ether oxygens (including phenoxy) is 1. The number of hydrogen-bond acceptors (Lipinski definition) is 3. The molecule has 30 heavy (non-hydrogen) atoms. The van der Waals surface area contributed by atoms with Gasteiger partial charge in [0.05, 0.1) is 5.97 Å². The van der Waals surface area contributed by atoms with Crippen molar-refractivity contribution in [2.24, 2.45) is 0 Å². The number of carbonyl (C=O) groups excluding carboxylic acids is 1. The maximum Gasteiger partial charge on any atom is 1.00 e. The van der Waals surface area contributed by atoms with Crippen LogP contribution in [0.4, 0.5) is 0 Å². The van der Waals surface area contributed by atoms with Crippen molar-refractivity contribution in [2.45, 2.75) is 45.1 Å². The third-order valence-electron chi connectivity index (χ3n) is 5.05. The predicted molar refractivity (Wildman–Crippen MR) is 114 cm³/mol. The third-order valence-corrected chi connectivity index (χ3v) is 5.05. The molecule has 0 saturated carbocycles. The van der Waals surface area contributed by atoms with Gasteiger partial charge in [0, 0.05) is 6.42 Å². The van der Waals surface area contributed by atoms with Crippen molar-refractivity contribution in [3.05, 3.63) is 101 Å². The fourth-order valence-corrected chi connectivity index (χ4v) is 3.42. The van der Waals surface area contributed by atoms with Gasteiger partial charge in [0.15, 0.2) is 0 Å². The van der Waals surface area contributed by atoms with Gasteiger partial charge in [0.1, 0.15) is 11.4 Å². The largest absolute Gasteiger partial charge is 1.00 e. The van der Waals surface area contributed by atoms with Gasteiger partial charge in [-0.15, -0.1) is 0 Å². The first-order valence-corrected chi connectivity index (χ1v) is 10.1. The standard InChI is InChI=1S/C26H28O3.Na/c1-3-7-20-10-12-23(13-11-20)19-26(2,25(27)28)29-24-16-14-22(15-17-24)18-21-8-5-4-6-9-21;/h4-6,8-17H,3,7,18-19H2,1-2H3,(H,27,28);/q;+1/p-1. The molecule has 0 saturated heterocycles. The summed E-state index contributed by atoms with van der Waals surface area (Å²) < 4.78 is 5.89. The van der Waals surface area contributed by atoms with E-state index in [0.717, 1.165) is 30.4 Å². The van der Waals surface area contributed by atoms with Crippen molar-refractivity contribution in [2.75, 3.05) is 0 Å². The van der Waals surface area contributed by atoms with Crippen LogP contribution >= 0.6 is 0 Å². The maximum atomic E-state index is 11.9. The summed E-state index contributed by atoms with van der Waals surface area (Å²) in [6.07, 6.45) is 3.17. The topological polar surface area (TPSA) is 49.4 Å². The Morgan fingerprint density at radius 1 is 0.833 bits per heavy atom. The number of carboxylic acid groups (broad SMARTS) is 1. The van der Waals surface area contributed by atoms with Crippen LogP contribution in [0.2, 0.25) is 0 Å². The van der Waals surface area contributed by atoms with Crippen molar-refractivity contribution in [1.29, 1.82) is 0 Å². The van der Waals surface area contributed by atoms with Crippen molar-refractivity contribution < 1.29 is 44.2 Å². The molecule has 0 radical (unpaired) electrons. The van der Waals surface area contributed by atoms with Crippen molar-refractivity contribution in [3.8, 4) is 5.75 Å². The molecule has 3 nitrogen and oxygen atoms in total. The van der Waals surface area contributed by atoms with Gasteiger partial charge in [0.2, 0.25) is 0 Å². The van der Waals surface area contributed by atoms with Gasteiger partial charge in [-0.05, 0) is 54.2 Å². The van der Waals surface area contributed by atoms with E-state index in [9.17, 15) is 9.90 Å². The van der Waals surface area contributed by atoms with E-state index in [1.807, 2.05) is 66.7 Å². The normalized spacial score (nSPS) is 12.5. The Balaban J connectivity index is 0.00000320. The Kier molecular flexibility index (Phi) is 9.16. The van der Waals surface area contributed by atoms with E-state index in [2.05, 4.69) is 19.1 Å². The zero-order valence-electron chi connectivity index (χ0n) is 18.1. The molecule has 3 aromatic rings. The Bertz CT molecular complexity index is 921. The molecule has 0 N–H and O–H groups in total. The first-order valence-electron chi connectivity index (χ1n) is 10.1. The van der Waals surface area contributed by atoms with E-state index in [1.165, 1.54) is 11.1 Å². The van der Waals surface area contributed by atoms with Crippen LogP contribution in [0.3, 0.4) is 0 Å². The molecule has 3 aromatic carbocycles. The third kappa shape index (κ3) is 6.73. The molecule has 0 aliphatic heterocycles. The van der Waals surface area contributed by atoms with Gasteiger partial charge < -0.3 is 14.6 Å². The Morgan fingerprint density at radius 2 is 1.37 bits per heavy atom. The minimum Gasteiger partial charge on any atom is -0.546 e. The molecule has 0 amide bonds. The second kappa shape index (κ2) is 11.4. The monoisotopic (exact) mass is 410 g/mol. The first-order chi connectivity index (χ1) is 14.0. The van der Waals surface area contributed by atoms with Crippen LogP contribution in [-0.4, -0.2) is 11.6 Å². The minimum absolute atomic E-state index is 0. The van der Waals surface area contributed by atoms with Crippen molar-refractivity contribution in [1.82, 2.24) is 0 Å². The minimum atomic E-state index is -1.44. The smallest absolute Gasteiger partial charge is 0.546 e. The fourth-order valence-electron chi connectivity index (χ4n) is 3.42. The van der Waals surface area contributed by atoms with Crippen LogP contribution in [0, 0.1) is 0 Å². The van der Waals surface area contributed by atoms with E-state index in [-0.39, 0.29) is 36.0 Å². The van der Waals surface area contributed by atoms with Crippen LogP contribution in [0.15, 0.2) is 78.9 Å². The van der Waals surface area contributed by atoms with Gasteiger partial charge in [-0.25, -0.2) is 0 Å². The predicted octanol–water partition coefficient (Wildman–Crippen LogP) is 1.36. The summed E-state index contributed by atoms with van der Waals surface area (Å²) >= 11 is 0. The first kappa shape index (κ1) is 24.2.